The molecule has 49 heavy (non-hydrogen) atoms. The van der Waals surface area contributed by atoms with Crippen molar-refractivity contribution < 1.29 is 38.1 Å². The number of carboxylic acids is 2. The highest BCUT2D eigenvalue weighted by molar-refractivity contribution is 5.84. The molecule has 10 heteroatoms. The number of carbonyl (C=O) groups is 2. The van der Waals surface area contributed by atoms with Crippen LogP contribution in [0.25, 0.3) is 0 Å². The van der Waals surface area contributed by atoms with Gasteiger partial charge in [0.15, 0.2) is 0 Å². The van der Waals surface area contributed by atoms with Crippen LogP contribution in [0.4, 0.5) is 8.78 Å². The van der Waals surface area contributed by atoms with E-state index in [1.54, 1.807) is 26.8 Å². The van der Waals surface area contributed by atoms with Crippen molar-refractivity contribution in [3.8, 4) is 5.75 Å². The van der Waals surface area contributed by atoms with E-state index >= 15 is 0 Å². The number of nitrogens with zero attached hydrogens (tertiary/aromatic N) is 1. The van der Waals surface area contributed by atoms with E-state index in [9.17, 15) is 28.6 Å². The molecule has 3 aromatic carbocycles. The number of halogens is 2. The van der Waals surface area contributed by atoms with Gasteiger partial charge in [0.1, 0.15) is 5.75 Å². The number of likely N-dealkylation sites (tertiary alicyclic amines) is 1. The summed E-state index contributed by atoms with van der Waals surface area (Å²) in [6.45, 7) is 4.76. The first kappa shape index (κ1) is 36.4. The van der Waals surface area contributed by atoms with Gasteiger partial charge in [0.05, 0.1) is 17.4 Å². The van der Waals surface area contributed by atoms with Crippen LogP contribution in [0.3, 0.4) is 0 Å². The van der Waals surface area contributed by atoms with E-state index in [1.165, 1.54) is 29.3 Å². The molecule has 2 aliphatic rings. The molecule has 0 bridgehead atoms. The molecule has 5 atom stereocenters. The third kappa shape index (κ3) is 6.83. The van der Waals surface area contributed by atoms with Crippen LogP contribution in [0.5, 0.6) is 5.75 Å². The molecule has 2 aliphatic heterocycles. The fraction of sp³-hybridized carbons (Fsp3) is 0.487. The molecular weight excluding hydrogens is 630 g/mol. The maximum Gasteiger partial charge on any atom is 0.387 e. The minimum atomic E-state index is -3.17. The zero-order valence-electron chi connectivity index (χ0n) is 28.5. The molecular formula is C39H48F2N2O6. The van der Waals surface area contributed by atoms with Crippen LogP contribution in [-0.2, 0) is 19.7 Å². The average molecular weight is 679 g/mol. The van der Waals surface area contributed by atoms with Crippen LogP contribution in [0, 0.1) is 10.8 Å². The molecule has 2 saturated heterocycles. The van der Waals surface area contributed by atoms with Gasteiger partial charge >= 0.3 is 18.6 Å². The molecule has 0 amide bonds. The Morgan fingerprint density at radius 2 is 1.37 bits per heavy atom. The number of hydrogen-bond donors (Lipinski definition) is 3. The van der Waals surface area contributed by atoms with Crippen LogP contribution in [0.2, 0.25) is 0 Å². The summed E-state index contributed by atoms with van der Waals surface area (Å²) in [5, 5.41) is 25.0. The molecule has 0 aliphatic carbocycles. The number of carboxylic acid groups (broad SMARTS) is 2. The van der Waals surface area contributed by atoms with Crippen molar-refractivity contribution in [1.82, 2.24) is 10.2 Å². The third-order valence-electron chi connectivity index (χ3n) is 11.5. The molecule has 4 unspecified atom stereocenters. The van der Waals surface area contributed by atoms with Crippen LogP contribution in [0.15, 0.2) is 84.9 Å². The lowest BCUT2D eigenvalue weighted by Crippen LogP contribution is -2.69. The fourth-order valence-electron chi connectivity index (χ4n) is 8.81. The van der Waals surface area contributed by atoms with Gasteiger partial charge in [0, 0.05) is 36.6 Å². The van der Waals surface area contributed by atoms with Crippen molar-refractivity contribution in [3.05, 3.63) is 102 Å². The van der Waals surface area contributed by atoms with Crippen LogP contribution in [-0.4, -0.2) is 78.6 Å². The monoisotopic (exact) mass is 678 g/mol. The summed E-state index contributed by atoms with van der Waals surface area (Å²) in [4.78, 5) is 29.0. The maximum absolute atomic E-state index is 13.6. The summed E-state index contributed by atoms with van der Waals surface area (Å²) < 4.78 is 38.1. The number of rotatable bonds is 14. The van der Waals surface area contributed by atoms with Crippen LogP contribution in [0.1, 0.15) is 69.1 Å². The first-order chi connectivity index (χ1) is 23.5. The van der Waals surface area contributed by atoms with Gasteiger partial charge in [-0.05, 0) is 75.4 Å². The second-order valence-corrected chi connectivity index (χ2v) is 13.5. The zero-order valence-corrected chi connectivity index (χ0v) is 28.5. The Balaban J connectivity index is 1.33. The average Bonchev–Trinajstić information content (AvgIpc) is 3.10. The smallest absolute Gasteiger partial charge is 0.387 e. The first-order valence-electron chi connectivity index (χ1n) is 17.2. The van der Waals surface area contributed by atoms with Crippen LogP contribution < -0.4 is 10.1 Å². The number of piperidine rings is 2. The summed E-state index contributed by atoms with van der Waals surface area (Å²) in [5.41, 5.74) is -0.670. The lowest BCUT2D eigenvalue weighted by molar-refractivity contribution is -0.175. The van der Waals surface area contributed by atoms with Crippen LogP contribution >= 0.6 is 0 Å². The Hall–Kier alpha value is -3.86. The van der Waals surface area contributed by atoms with Gasteiger partial charge in [-0.15, -0.1) is 0 Å². The predicted octanol–water partition coefficient (Wildman–Crippen LogP) is 6.79. The summed E-state index contributed by atoms with van der Waals surface area (Å²) in [6.07, 6.45) is 1.92. The number of aliphatic carboxylic acids is 2. The maximum atomic E-state index is 13.6. The van der Waals surface area contributed by atoms with Gasteiger partial charge in [-0.25, -0.2) is 0 Å². The van der Waals surface area contributed by atoms with Gasteiger partial charge in [0.25, 0.3) is 0 Å². The van der Waals surface area contributed by atoms with Crippen molar-refractivity contribution in [2.24, 2.45) is 10.8 Å². The van der Waals surface area contributed by atoms with Crippen molar-refractivity contribution >= 4 is 11.9 Å². The molecule has 0 saturated carbocycles. The Morgan fingerprint density at radius 3 is 1.90 bits per heavy atom. The van der Waals surface area contributed by atoms with Crippen molar-refractivity contribution in [2.75, 3.05) is 32.8 Å². The summed E-state index contributed by atoms with van der Waals surface area (Å²) in [7, 11) is 0. The molecule has 5 rings (SSSR count). The third-order valence-corrected chi connectivity index (χ3v) is 11.5. The van der Waals surface area contributed by atoms with Gasteiger partial charge in [-0.2, -0.15) is 8.78 Å². The standard InChI is InChI=1S/C39H48F2N2O6/c1-4-38(34(44)45)27(2)42-28(3)39(35(46)47,33(38)31-17-11-12-18-32(31)49-36(40)41)21-25-48-26-24-43-22-19-37(20-23-43,29-13-7-5-8-14-29)30-15-9-6-10-16-30/h5-18,27-28,33,36,42H,4,19-26H2,1-3H3,(H,44,45)(H,46,47)/t27-,28?,33?,38?,39?/m1/s1. The van der Waals surface area contributed by atoms with E-state index < -0.39 is 47.4 Å². The Labute approximate surface area is 287 Å². The van der Waals surface area contributed by atoms with E-state index in [2.05, 4.69) is 58.7 Å². The Morgan fingerprint density at radius 1 is 0.837 bits per heavy atom. The topological polar surface area (TPSA) is 108 Å². The molecule has 2 fully saturated rings. The molecule has 0 aromatic heterocycles. The molecule has 8 nitrogen and oxygen atoms in total. The largest absolute Gasteiger partial charge is 0.481 e. The summed E-state index contributed by atoms with van der Waals surface area (Å²) >= 11 is 0. The normalized spacial score (nSPS) is 27.1. The SMILES string of the molecule is CCC1(C(=O)O)C(c2ccccc2OC(F)F)C(CCOCCN2CCC(c3ccccc3)(c3ccccc3)CC2)(C(=O)O)C(C)N[C@@H]1C. The van der Waals surface area contributed by atoms with E-state index in [4.69, 9.17) is 9.47 Å². The molecule has 264 valence electrons. The minimum absolute atomic E-state index is 0.0307. The Bertz CT molecular complexity index is 1510. The highest BCUT2D eigenvalue weighted by Crippen LogP contribution is 2.60. The highest BCUT2D eigenvalue weighted by Gasteiger charge is 2.66. The molecule has 0 spiro atoms. The summed E-state index contributed by atoms with van der Waals surface area (Å²) in [5.74, 6) is -3.83. The van der Waals surface area contributed by atoms with Gasteiger partial charge in [-0.3, -0.25) is 9.59 Å². The quantitative estimate of drug-likeness (QED) is 0.160. The predicted molar refractivity (Wildman–Crippen MR) is 183 cm³/mol. The Kier molecular flexibility index (Phi) is 11.4. The number of hydrogen-bond acceptors (Lipinski definition) is 6. The zero-order chi connectivity index (χ0) is 35.2. The highest BCUT2D eigenvalue weighted by atomic mass is 19.3. The number of para-hydroxylation sites is 1. The number of ether oxygens (including phenoxy) is 2. The number of alkyl halides is 2. The fourth-order valence-corrected chi connectivity index (χ4v) is 8.81. The van der Waals surface area contributed by atoms with Crippen molar-refractivity contribution in [1.29, 1.82) is 0 Å². The second-order valence-electron chi connectivity index (χ2n) is 13.5. The summed E-state index contributed by atoms with van der Waals surface area (Å²) in [6, 6.07) is 25.8. The van der Waals surface area contributed by atoms with Gasteiger partial charge in [-0.1, -0.05) is 85.8 Å². The first-order valence-corrected chi connectivity index (χ1v) is 17.2. The van der Waals surface area contributed by atoms with E-state index in [0.29, 0.717) is 13.2 Å². The second kappa shape index (κ2) is 15.4. The van der Waals surface area contributed by atoms with Gasteiger partial charge in [0.2, 0.25) is 0 Å². The molecule has 2 heterocycles. The van der Waals surface area contributed by atoms with Crippen molar-refractivity contribution in [3.63, 3.8) is 0 Å². The van der Waals surface area contributed by atoms with Gasteiger partial charge < -0.3 is 29.9 Å². The van der Waals surface area contributed by atoms with E-state index in [-0.39, 0.29) is 36.2 Å². The number of benzene rings is 3. The molecule has 3 N–H and O–H groups in total. The minimum Gasteiger partial charge on any atom is -0.481 e. The van der Waals surface area contributed by atoms with Crippen molar-refractivity contribution in [2.45, 2.75) is 76.5 Å². The lowest BCUT2D eigenvalue weighted by Gasteiger charge is -2.57. The lowest BCUT2D eigenvalue weighted by atomic mass is 9.50. The van der Waals surface area contributed by atoms with E-state index in [0.717, 1.165) is 25.9 Å². The molecule has 0 radical (unpaired) electrons. The number of nitrogens with one attached hydrogen (secondary N) is 1. The van der Waals surface area contributed by atoms with E-state index in [1.807, 2.05) is 12.1 Å². The molecule has 3 aromatic rings.